The summed E-state index contributed by atoms with van der Waals surface area (Å²) in [4.78, 5) is 20.8. The number of nitrogens with two attached hydrogens (primary N) is 1. The van der Waals surface area contributed by atoms with Crippen molar-refractivity contribution in [3.63, 3.8) is 0 Å². The highest BCUT2D eigenvalue weighted by molar-refractivity contribution is 7.89. The number of aromatic carboxylic acids is 1. The van der Waals surface area contributed by atoms with Gasteiger partial charge in [0.25, 0.3) is 0 Å². The minimum atomic E-state index is -4.45. The maximum atomic E-state index is 14.1. The summed E-state index contributed by atoms with van der Waals surface area (Å²) in [6.07, 6.45) is 0. The van der Waals surface area contributed by atoms with Crippen LogP contribution in [0.4, 0.5) is 4.39 Å². The molecule has 0 aliphatic rings. The van der Waals surface area contributed by atoms with Crippen LogP contribution in [0, 0.1) is 5.82 Å². The van der Waals surface area contributed by atoms with E-state index in [-0.39, 0.29) is 11.6 Å². The summed E-state index contributed by atoms with van der Waals surface area (Å²) in [5.41, 5.74) is 4.05. The zero-order chi connectivity index (χ0) is 16.4. The van der Waals surface area contributed by atoms with Gasteiger partial charge in [0.2, 0.25) is 15.9 Å². The van der Waals surface area contributed by atoms with Crippen molar-refractivity contribution in [3.05, 3.63) is 28.5 Å². The van der Waals surface area contributed by atoms with Crippen molar-refractivity contribution in [1.82, 2.24) is 4.31 Å². The summed E-state index contributed by atoms with van der Waals surface area (Å²) in [5.74, 6) is -4.04. The molecule has 1 rings (SSSR count). The summed E-state index contributed by atoms with van der Waals surface area (Å²) in [6.45, 7) is 0.605. The Bertz CT molecular complexity index is 692. The van der Waals surface area contributed by atoms with Crippen molar-refractivity contribution in [2.24, 2.45) is 5.73 Å². The topological polar surface area (TPSA) is 118 Å². The fourth-order valence-corrected chi connectivity index (χ4v) is 3.40. The minimum absolute atomic E-state index is 0.153. The number of carboxylic acid groups (broad SMARTS) is 1. The highest BCUT2D eigenvalue weighted by Crippen LogP contribution is 2.26. The number of carbonyl (C=O) groups is 2. The largest absolute Gasteiger partial charge is 0.478 e. The third kappa shape index (κ3) is 3.69. The Labute approximate surface area is 125 Å². The highest BCUT2D eigenvalue weighted by atomic mass is 35.5. The van der Waals surface area contributed by atoms with Crippen molar-refractivity contribution in [2.45, 2.75) is 11.8 Å². The van der Waals surface area contributed by atoms with Gasteiger partial charge in [0.15, 0.2) is 5.82 Å². The van der Waals surface area contributed by atoms with Crippen molar-refractivity contribution < 1.29 is 27.5 Å². The van der Waals surface area contributed by atoms with E-state index in [1.165, 1.54) is 6.92 Å². The molecule has 0 saturated carbocycles. The van der Waals surface area contributed by atoms with Crippen LogP contribution in [0.1, 0.15) is 17.3 Å². The Hall–Kier alpha value is -1.71. The van der Waals surface area contributed by atoms with E-state index in [0.29, 0.717) is 4.31 Å². The number of hydrogen-bond acceptors (Lipinski definition) is 4. The van der Waals surface area contributed by atoms with E-state index in [0.717, 1.165) is 12.1 Å². The number of carbonyl (C=O) groups excluding carboxylic acids is 1. The molecule has 21 heavy (non-hydrogen) atoms. The molecule has 1 aromatic carbocycles. The molecule has 0 fully saturated rings. The highest BCUT2D eigenvalue weighted by Gasteiger charge is 2.30. The summed E-state index contributed by atoms with van der Waals surface area (Å²) in [7, 11) is -4.45. The number of halogens is 2. The van der Waals surface area contributed by atoms with Crippen LogP contribution < -0.4 is 5.73 Å². The SMILES string of the molecule is CCN(CC(N)=O)S(=O)(=O)c1cc(Cl)cc(C(=O)O)c1F. The Morgan fingerprint density at radius 1 is 1.43 bits per heavy atom. The lowest BCUT2D eigenvalue weighted by Crippen LogP contribution is -2.38. The van der Waals surface area contributed by atoms with Crippen LogP contribution in [0.15, 0.2) is 17.0 Å². The third-order valence-electron chi connectivity index (χ3n) is 2.54. The maximum absolute atomic E-state index is 14.1. The summed E-state index contributed by atoms with van der Waals surface area (Å²) in [6, 6.07) is 1.57. The number of sulfonamides is 1. The summed E-state index contributed by atoms with van der Waals surface area (Å²) >= 11 is 5.62. The number of hydrogen-bond donors (Lipinski definition) is 2. The van der Waals surface area contributed by atoms with Crippen LogP contribution in [0.25, 0.3) is 0 Å². The van der Waals surface area contributed by atoms with Gasteiger partial charge in [-0.25, -0.2) is 17.6 Å². The molecule has 0 atom stereocenters. The second-order valence-electron chi connectivity index (χ2n) is 3.97. The lowest BCUT2D eigenvalue weighted by molar-refractivity contribution is -0.118. The second-order valence-corrected chi connectivity index (χ2v) is 6.31. The molecule has 116 valence electrons. The van der Waals surface area contributed by atoms with Crippen LogP contribution in [-0.2, 0) is 14.8 Å². The van der Waals surface area contributed by atoms with Crippen LogP contribution in [0.3, 0.4) is 0 Å². The van der Waals surface area contributed by atoms with Gasteiger partial charge in [0.1, 0.15) is 4.90 Å². The van der Waals surface area contributed by atoms with E-state index >= 15 is 0 Å². The first-order valence-corrected chi connectivity index (χ1v) is 7.43. The van der Waals surface area contributed by atoms with Crippen molar-refractivity contribution in [3.8, 4) is 0 Å². The van der Waals surface area contributed by atoms with E-state index in [4.69, 9.17) is 22.4 Å². The van der Waals surface area contributed by atoms with Crippen LogP contribution in [-0.4, -0.2) is 42.8 Å². The maximum Gasteiger partial charge on any atom is 0.338 e. The molecule has 1 amide bonds. The fourth-order valence-electron chi connectivity index (χ4n) is 1.59. The molecular formula is C11H12ClFN2O5S. The van der Waals surface area contributed by atoms with Crippen molar-refractivity contribution >= 4 is 33.5 Å². The number of amides is 1. The number of rotatable bonds is 6. The molecule has 7 nitrogen and oxygen atoms in total. The van der Waals surface area contributed by atoms with Gasteiger partial charge in [-0.05, 0) is 12.1 Å². The van der Waals surface area contributed by atoms with Crippen LogP contribution >= 0.6 is 11.6 Å². The van der Waals surface area contributed by atoms with Gasteiger partial charge >= 0.3 is 5.97 Å². The van der Waals surface area contributed by atoms with Gasteiger partial charge in [-0.1, -0.05) is 18.5 Å². The number of likely N-dealkylation sites (N-methyl/N-ethyl adjacent to an activating group) is 1. The Kier molecular flexibility index (Phi) is 5.26. The lowest BCUT2D eigenvalue weighted by Gasteiger charge is -2.19. The Balaban J connectivity index is 3.50. The van der Waals surface area contributed by atoms with Crippen molar-refractivity contribution in [2.75, 3.05) is 13.1 Å². The first-order valence-electron chi connectivity index (χ1n) is 5.62. The van der Waals surface area contributed by atoms with E-state index in [2.05, 4.69) is 0 Å². The normalized spacial score (nSPS) is 11.6. The summed E-state index contributed by atoms with van der Waals surface area (Å²) < 4.78 is 39.2. The molecule has 0 saturated heterocycles. The lowest BCUT2D eigenvalue weighted by atomic mass is 10.2. The molecule has 0 spiro atoms. The first-order chi connectivity index (χ1) is 9.61. The Morgan fingerprint density at radius 3 is 2.43 bits per heavy atom. The molecular weight excluding hydrogens is 327 g/mol. The van der Waals surface area contributed by atoms with Crippen LogP contribution in [0.2, 0.25) is 5.02 Å². The van der Waals surface area contributed by atoms with Crippen LogP contribution in [0.5, 0.6) is 0 Å². The molecule has 0 unspecified atom stereocenters. The fraction of sp³-hybridized carbons (Fsp3) is 0.273. The zero-order valence-corrected chi connectivity index (χ0v) is 12.4. The molecule has 1 aromatic rings. The minimum Gasteiger partial charge on any atom is -0.478 e. The molecule has 0 radical (unpaired) electrons. The molecule has 10 heteroatoms. The molecule has 0 aromatic heterocycles. The van der Waals surface area contributed by atoms with Gasteiger partial charge in [-0.2, -0.15) is 4.31 Å². The molecule has 0 aliphatic heterocycles. The molecule has 3 N–H and O–H groups in total. The quantitative estimate of drug-likeness (QED) is 0.790. The van der Waals surface area contributed by atoms with E-state index < -0.39 is 44.7 Å². The van der Waals surface area contributed by atoms with E-state index in [1.807, 2.05) is 0 Å². The predicted molar refractivity (Wildman–Crippen MR) is 72.0 cm³/mol. The smallest absolute Gasteiger partial charge is 0.338 e. The van der Waals surface area contributed by atoms with Gasteiger partial charge < -0.3 is 10.8 Å². The van der Waals surface area contributed by atoms with Crippen molar-refractivity contribution in [1.29, 1.82) is 0 Å². The number of carboxylic acids is 1. The molecule has 0 heterocycles. The third-order valence-corrected chi connectivity index (χ3v) is 4.68. The number of nitrogens with zero attached hydrogens (tertiary/aromatic N) is 1. The zero-order valence-electron chi connectivity index (χ0n) is 10.8. The average molecular weight is 339 g/mol. The van der Waals surface area contributed by atoms with Gasteiger partial charge in [-0.3, -0.25) is 4.79 Å². The molecule has 0 aliphatic carbocycles. The Morgan fingerprint density at radius 2 is 2.00 bits per heavy atom. The van der Waals surface area contributed by atoms with Gasteiger partial charge in [-0.15, -0.1) is 0 Å². The monoisotopic (exact) mass is 338 g/mol. The number of benzene rings is 1. The first kappa shape index (κ1) is 17.3. The second kappa shape index (κ2) is 6.37. The predicted octanol–water partition coefficient (Wildman–Crippen LogP) is 0.673. The van der Waals surface area contributed by atoms with E-state index in [9.17, 15) is 22.4 Å². The number of primary amides is 1. The van der Waals surface area contributed by atoms with Gasteiger partial charge in [0, 0.05) is 11.6 Å². The standard InChI is InChI=1S/C11H12ClFN2O5S/c1-2-15(5-9(14)16)21(19,20)8-4-6(12)3-7(10(8)13)11(17)18/h3-4H,2,5H2,1H3,(H2,14,16)(H,17,18). The van der Waals surface area contributed by atoms with E-state index in [1.54, 1.807) is 0 Å². The summed E-state index contributed by atoms with van der Waals surface area (Å²) in [5, 5.41) is 8.58. The average Bonchev–Trinajstić information content (AvgIpc) is 2.37. The molecule has 0 bridgehead atoms. The van der Waals surface area contributed by atoms with Gasteiger partial charge in [0.05, 0.1) is 12.1 Å².